The molecule has 3 amide bonds. The predicted molar refractivity (Wildman–Crippen MR) is 122 cm³/mol. The van der Waals surface area contributed by atoms with E-state index in [0.717, 1.165) is 5.56 Å². The maximum Gasteiger partial charge on any atom is 0.326 e. The summed E-state index contributed by atoms with van der Waals surface area (Å²) in [5.74, 6) is -3.99. The SMILES string of the molecule is CSCCC(NC(=O)CNC(=O)C(N)Cc1ccccc1)C(=O)NC(CCC(=O)O)C(=O)O. The van der Waals surface area contributed by atoms with Gasteiger partial charge >= 0.3 is 11.9 Å². The van der Waals surface area contributed by atoms with Gasteiger partial charge in [-0.15, -0.1) is 0 Å². The van der Waals surface area contributed by atoms with Crippen LogP contribution in [0.3, 0.4) is 0 Å². The molecule has 3 atom stereocenters. The van der Waals surface area contributed by atoms with Crippen LogP contribution in [0.25, 0.3) is 0 Å². The number of hydrogen-bond donors (Lipinski definition) is 6. The fraction of sp³-hybridized carbons (Fsp3) is 0.476. The zero-order valence-electron chi connectivity index (χ0n) is 18.3. The Hall–Kier alpha value is -3.12. The van der Waals surface area contributed by atoms with Crippen molar-refractivity contribution in [2.75, 3.05) is 18.6 Å². The fourth-order valence-corrected chi connectivity index (χ4v) is 3.28. The number of rotatable bonds is 15. The van der Waals surface area contributed by atoms with E-state index >= 15 is 0 Å². The largest absolute Gasteiger partial charge is 0.481 e. The summed E-state index contributed by atoms with van der Waals surface area (Å²) in [6, 6.07) is 5.83. The quantitative estimate of drug-likeness (QED) is 0.189. The molecule has 0 spiro atoms. The Morgan fingerprint density at radius 3 is 2.21 bits per heavy atom. The molecule has 7 N–H and O–H groups in total. The molecule has 0 fully saturated rings. The van der Waals surface area contributed by atoms with Gasteiger partial charge in [0.25, 0.3) is 0 Å². The summed E-state index contributed by atoms with van der Waals surface area (Å²) in [4.78, 5) is 59.0. The number of carboxylic acid groups (broad SMARTS) is 2. The molecule has 12 heteroatoms. The van der Waals surface area contributed by atoms with Crippen molar-refractivity contribution in [3.05, 3.63) is 35.9 Å². The minimum atomic E-state index is -1.40. The van der Waals surface area contributed by atoms with Crippen LogP contribution in [0.5, 0.6) is 0 Å². The van der Waals surface area contributed by atoms with Crippen molar-refractivity contribution in [2.45, 2.75) is 43.8 Å². The highest BCUT2D eigenvalue weighted by Gasteiger charge is 2.27. The minimum absolute atomic E-state index is 0.214. The van der Waals surface area contributed by atoms with Crippen molar-refractivity contribution in [1.29, 1.82) is 0 Å². The Morgan fingerprint density at radius 2 is 1.64 bits per heavy atom. The van der Waals surface area contributed by atoms with Gasteiger partial charge in [0.15, 0.2) is 0 Å². The topological polar surface area (TPSA) is 188 Å². The van der Waals surface area contributed by atoms with Crippen molar-refractivity contribution >= 4 is 41.4 Å². The molecule has 0 saturated carbocycles. The number of aliphatic carboxylic acids is 2. The molecule has 3 unspecified atom stereocenters. The van der Waals surface area contributed by atoms with Gasteiger partial charge in [0, 0.05) is 6.42 Å². The van der Waals surface area contributed by atoms with Crippen LogP contribution in [0, 0.1) is 0 Å². The Morgan fingerprint density at radius 1 is 0.970 bits per heavy atom. The van der Waals surface area contributed by atoms with Gasteiger partial charge in [0.2, 0.25) is 17.7 Å². The molecule has 0 radical (unpaired) electrons. The van der Waals surface area contributed by atoms with Crippen molar-refractivity contribution < 1.29 is 34.2 Å². The van der Waals surface area contributed by atoms with E-state index in [4.69, 9.17) is 10.8 Å². The predicted octanol–water partition coefficient (Wildman–Crippen LogP) is -0.655. The zero-order chi connectivity index (χ0) is 24.8. The molecule has 0 aromatic heterocycles. The van der Waals surface area contributed by atoms with Crippen molar-refractivity contribution in [3.8, 4) is 0 Å². The van der Waals surface area contributed by atoms with Crippen molar-refractivity contribution in [3.63, 3.8) is 0 Å². The maximum atomic E-state index is 12.5. The Kier molecular flexibility index (Phi) is 12.6. The monoisotopic (exact) mass is 482 g/mol. The lowest BCUT2D eigenvalue weighted by Crippen LogP contribution is -2.54. The van der Waals surface area contributed by atoms with E-state index in [1.165, 1.54) is 11.8 Å². The Bertz CT molecular complexity index is 822. The number of benzene rings is 1. The van der Waals surface area contributed by atoms with E-state index in [1.54, 1.807) is 6.26 Å². The molecule has 11 nitrogen and oxygen atoms in total. The van der Waals surface area contributed by atoms with Gasteiger partial charge < -0.3 is 31.9 Å². The number of amides is 3. The highest BCUT2D eigenvalue weighted by atomic mass is 32.2. The minimum Gasteiger partial charge on any atom is -0.481 e. The molecular formula is C21H30N4O7S. The van der Waals surface area contributed by atoms with Crippen molar-refractivity contribution in [2.24, 2.45) is 5.73 Å². The van der Waals surface area contributed by atoms with Crippen LogP contribution in [0.4, 0.5) is 0 Å². The lowest BCUT2D eigenvalue weighted by atomic mass is 10.1. The van der Waals surface area contributed by atoms with Crippen LogP contribution in [-0.4, -0.2) is 76.6 Å². The Balaban J connectivity index is 2.62. The standard InChI is InChI=1S/C21H30N4O7S/c1-33-10-9-15(20(30)25-16(21(31)32)7-8-18(27)28)24-17(26)12-23-19(29)14(22)11-13-5-3-2-4-6-13/h2-6,14-16H,7-12,22H2,1H3,(H,23,29)(H,24,26)(H,25,30)(H,27,28)(H,31,32). The molecule has 0 aliphatic heterocycles. The van der Waals surface area contributed by atoms with Gasteiger partial charge in [0.1, 0.15) is 12.1 Å². The molecule has 0 saturated heterocycles. The van der Waals surface area contributed by atoms with Gasteiger partial charge in [0.05, 0.1) is 12.6 Å². The summed E-state index contributed by atoms with van der Waals surface area (Å²) in [5.41, 5.74) is 6.75. The van der Waals surface area contributed by atoms with Crippen LogP contribution in [-0.2, 0) is 30.4 Å². The maximum absolute atomic E-state index is 12.5. The van der Waals surface area contributed by atoms with Gasteiger partial charge in [-0.2, -0.15) is 11.8 Å². The summed E-state index contributed by atoms with van der Waals surface area (Å²) in [7, 11) is 0. The molecule has 1 rings (SSSR count). The second-order valence-electron chi connectivity index (χ2n) is 7.25. The summed E-state index contributed by atoms with van der Waals surface area (Å²) in [5, 5.41) is 25.1. The average molecular weight is 483 g/mol. The molecule has 1 aromatic carbocycles. The van der Waals surface area contributed by atoms with E-state index in [0.29, 0.717) is 12.2 Å². The van der Waals surface area contributed by atoms with Crippen LogP contribution >= 0.6 is 11.8 Å². The smallest absolute Gasteiger partial charge is 0.326 e. The van der Waals surface area contributed by atoms with Crippen LogP contribution in [0.15, 0.2) is 30.3 Å². The van der Waals surface area contributed by atoms with Gasteiger partial charge in [-0.25, -0.2) is 4.79 Å². The molecule has 182 valence electrons. The van der Waals surface area contributed by atoms with E-state index in [9.17, 15) is 29.1 Å². The fourth-order valence-electron chi connectivity index (χ4n) is 2.81. The number of carbonyl (C=O) groups is 5. The first-order valence-electron chi connectivity index (χ1n) is 10.2. The van der Waals surface area contributed by atoms with E-state index in [-0.39, 0.29) is 12.8 Å². The molecular weight excluding hydrogens is 452 g/mol. The van der Waals surface area contributed by atoms with E-state index in [1.807, 2.05) is 30.3 Å². The molecule has 0 bridgehead atoms. The molecule has 0 aliphatic rings. The molecule has 0 heterocycles. The summed E-state index contributed by atoms with van der Waals surface area (Å²) < 4.78 is 0. The second kappa shape index (κ2) is 14.9. The molecule has 0 aliphatic carbocycles. The second-order valence-corrected chi connectivity index (χ2v) is 8.23. The first-order valence-corrected chi connectivity index (χ1v) is 11.6. The van der Waals surface area contributed by atoms with Gasteiger partial charge in [-0.1, -0.05) is 30.3 Å². The lowest BCUT2D eigenvalue weighted by Gasteiger charge is -2.21. The third-order valence-corrected chi connectivity index (χ3v) is 5.23. The zero-order valence-corrected chi connectivity index (χ0v) is 19.1. The number of nitrogens with one attached hydrogen (secondary N) is 3. The summed E-state index contributed by atoms with van der Waals surface area (Å²) >= 11 is 1.43. The first-order chi connectivity index (χ1) is 15.6. The van der Waals surface area contributed by atoms with E-state index < -0.39 is 60.8 Å². The normalized spacial score (nSPS) is 13.3. The Labute approximate surface area is 195 Å². The number of carboxylic acids is 2. The van der Waals surface area contributed by atoms with Gasteiger partial charge in [-0.3, -0.25) is 19.2 Å². The van der Waals surface area contributed by atoms with E-state index in [2.05, 4.69) is 16.0 Å². The van der Waals surface area contributed by atoms with Crippen LogP contribution in [0.2, 0.25) is 0 Å². The van der Waals surface area contributed by atoms with Crippen LogP contribution in [0.1, 0.15) is 24.8 Å². The highest BCUT2D eigenvalue weighted by molar-refractivity contribution is 7.98. The lowest BCUT2D eigenvalue weighted by molar-refractivity contribution is -0.143. The summed E-state index contributed by atoms with van der Waals surface area (Å²) in [6.45, 7) is -0.411. The van der Waals surface area contributed by atoms with Crippen molar-refractivity contribution in [1.82, 2.24) is 16.0 Å². The number of carbonyl (C=O) groups excluding carboxylic acids is 3. The number of nitrogens with two attached hydrogens (primary N) is 1. The third kappa shape index (κ3) is 11.3. The van der Waals surface area contributed by atoms with Crippen LogP contribution < -0.4 is 21.7 Å². The summed E-state index contributed by atoms with van der Waals surface area (Å²) in [6.07, 6.45) is 1.58. The molecule has 1 aromatic rings. The number of hydrogen-bond acceptors (Lipinski definition) is 7. The highest BCUT2D eigenvalue weighted by Crippen LogP contribution is 2.05. The average Bonchev–Trinajstić information content (AvgIpc) is 2.77. The van der Waals surface area contributed by atoms with Gasteiger partial charge in [-0.05, 0) is 36.8 Å². The first kappa shape index (κ1) is 27.9. The molecule has 33 heavy (non-hydrogen) atoms. The third-order valence-electron chi connectivity index (χ3n) is 4.58. The number of thioether (sulfide) groups is 1.